The van der Waals surface area contributed by atoms with Crippen LogP contribution in [0.4, 0.5) is 0 Å². The molecule has 222 valence electrons. The summed E-state index contributed by atoms with van der Waals surface area (Å²) < 4.78 is 34.9. The lowest BCUT2D eigenvalue weighted by molar-refractivity contribution is -0.0567. The van der Waals surface area contributed by atoms with E-state index in [1.54, 1.807) is 6.20 Å². The lowest BCUT2D eigenvalue weighted by Crippen LogP contribution is -2.65. The van der Waals surface area contributed by atoms with E-state index in [9.17, 15) is 9.59 Å². The standard InChI is InChI=1S/C29H46N2O7Si2/c1-19(2)39(20(3)4)35-18-26-25(37-40(38-39,21(5)6)22(7)8)14-27(36-26)31-15-24(28(32)30-29(31)33)17-34-16-23-12-10-9-11-13-23/h9-13,15,19-22,25-27H,14,16-18H2,1-8H3,(H,30,32,33)/t25-,26+,27+/m0/s1. The third kappa shape index (κ3) is 6.15. The molecule has 0 aliphatic carbocycles. The van der Waals surface area contributed by atoms with Gasteiger partial charge >= 0.3 is 22.8 Å². The largest absolute Gasteiger partial charge is 0.414 e. The highest BCUT2D eigenvalue weighted by Gasteiger charge is 2.60. The summed E-state index contributed by atoms with van der Waals surface area (Å²) in [6, 6.07) is 9.74. The molecule has 2 fully saturated rings. The summed E-state index contributed by atoms with van der Waals surface area (Å²) in [5.41, 5.74) is 1.25. The van der Waals surface area contributed by atoms with Crippen molar-refractivity contribution in [2.45, 2.75) is 116 Å². The van der Waals surface area contributed by atoms with Gasteiger partial charge in [0.25, 0.3) is 5.56 Å². The Bertz CT molecular complexity index is 1230. The van der Waals surface area contributed by atoms with Gasteiger partial charge < -0.3 is 22.4 Å². The first kappa shape index (κ1) is 31.1. The van der Waals surface area contributed by atoms with Gasteiger partial charge in [-0.2, -0.15) is 0 Å². The summed E-state index contributed by atoms with van der Waals surface area (Å²) in [4.78, 5) is 28.0. The van der Waals surface area contributed by atoms with E-state index in [1.807, 2.05) is 30.3 Å². The molecule has 0 amide bonds. The number of nitrogens with one attached hydrogen (secondary N) is 1. The fourth-order valence-electron chi connectivity index (χ4n) is 6.00. The van der Waals surface area contributed by atoms with E-state index >= 15 is 0 Å². The Balaban J connectivity index is 1.61. The predicted molar refractivity (Wildman–Crippen MR) is 159 cm³/mol. The topological polar surface area (TPSA) is 101 Å². The molecule has 3 atom stereocenters. The average Bonchev–Trinajstić information content (AvgIpc) is 3.26. The highest BCUT2D eigenvalue weighted by atomic mass is 28.5. The third-order valence-corrected chi connectivity index (χ3v) is 18.5. The number of aromatic amines is 1. The van der Waals surface area contributed by atoms with Crippen LogP contribution >= 0.6 is 0 Å². The van der Waals surface area contributed by atoms with Crippen molar-refractivity contribution in [1.82, 2.24) is 9.55 Å². The minimum atomic E-state index is -2.79. The van der Waals surface area contributed by atoms with Crippen LogP contribution in [0.3, 0.4) is 0 Å². The molecule has 3 heterocycles. The van der Waals surface area contributed by atoms with Crippen molar-refractivity contribution in [3.05, 3.63) is 68.5 Å². The van der Waals surface area contributed by atoms with Crippen molar-refractivity contribution in [3.63, 3.8) is 0 Å². The molecule has 1 aromatic carbocycles. The molecule has 1 aromatic heterocycles. The molecule has 2 aliphatic heterocycles. The minimum Gasteiger partial charge on any atom is -0.414 e. The Labute approximate surface area is 239 Å². The fourth-order valence-corrected chi connectivity index (χ4v) is 17.2. The molecule has 4 rings (SSSR count). The Morgan fingerprint density at radius 2 is 1.52 bits per heavy atom. The van der Waals surface area contributed by atoms with E-state index < -0.39 is 34.6 Å². The van der Waals surface area contributed by atoms with Crippen molar-refractivity contribution in [1.29, 1.82) is 0 Å². The Hall–Kier alpha value is -1.87. The summed E-state index contributed by atoms with van der Waals surface area (Å²) in [7, 11) is -5.48. The monoisotopic (exact) mass is 590 g/mol. The predicted octanol–water partition coefficient (Wildman–Crippen LogP) is 5.50. The Morgan fingerprint density at radius 3 is 2.12 bits per heavy atom. The number of H-pyrrole nitrogens is 1. The zero-order valence-corrected chi connectivity index (χ0v) is 27.1. The first-order valence-electron chi connectivity index (χ1n) is 14.5. The van der Waals surface area contributed by atoms with Crippen LogP contribution in [0, 0.1) is 0 Å². The first-order chi connectivity index (χ1) is 18.9. The van der Waals surface area contributed by atoms with E-state index in [0.29, 0.717) is 25.2 Å². The molecule has 9 nitrogen and oxygen atoms in total. The Morgan fingerprint density at radius 1 is 0.900 bits per heavy atom. The van der Waals surface area contributed by atoms with Crippen molar-refractivity contribution in [2.24, 2.45) is 0 Å². The highest BCUT2D eigenvalue weighted by molar-refractivity contribution is 6.83. The van der Waals surface area contributed by atoms with Crippen LogP contribution in [0.2, 0.25) is 22.2 Å². The molecule has 1 N–H and O–H groups in total. The quantitative estimate of drug-likeness (QED) is 0.385. The number of nitrogens with zero attached hydrogens (tertiary/aromatic N) is 1. The maximum Gasteiger partial charge on any atom is 0.335 e. The minimum absolute atomic E-state index is 0.0746. The van der Waals surface area contributed by atoms with Crippen molar-refractivity contribution < 1.29 is 22.4 Å². The van der Waals surface area contributed by atoms with Gasteiger partial charge in [-0.25, -0.2) is 4.79 Å². The van der Waals surface area contributed by atoms with Gasteiger partial charge in [-0.3, -0.25) is 14.3 Å². The van der Waals surface area contributed by atoms with Gasteiger partial charge in [0.15, 0.2) is 0 Å². The van der Waals surface area contributed by atoms with Crippen LogP contribution in [0.1, 0.15) is 79.2 Å². The van der Waals surface area contributed by atoms with Crippen LogP contribution in [0.25, 0.3) is 0 Å². The normalized spacial score (nSPS) is 24.4. The third-order valence-electron chi connectivity index (χ3n) is 8.25. The summed E-state index contributed by atoms with van der Waals surface area (Å²) in [5.74, 6) is 0. The van der Waals surface area contributed by atoms with Gasteiger partial charge in [-0.1, -0.05) is 85.7 Å². The summed E-state index contributed by atoms with van der Waals surface area (Å²) in [6.07, 6.45) is 0.780. The van der Waals surface area contributed by atoms with E-state index in [2.05, 4.69) is 60.4 Å². The number of hydrogen-bond donors (Lipinski definition) is 1. The summed E-state index contributed by atoms with van der Waals surface area (Å²) >= 11 is 0. The van der Waals surface area contributed by atoms with Crippen LogP contribution in [-0.2, 0) is 35.7 Å². The molecule has 0 unspecified atom stereocenters. The molecule has 2 saturated heterocycles. The molecule has 11 heteroatoms. The number of rotatable bonds is 9. The van der Waals surface area contributed by atoms with Crippen LogP contribution in [-0.4, -0.2) is 45.5 Å². The van der Waals surface area contributed by atoms with E-state index in [-0.39, 0.29) is 41.0 Å². The van der Waals surface area contributed by atoms with Gasteiger partial charge in [0.1, 0.15) is 12.3 Å². The molecule has 0 saturated carbocycles. The zero-order chi connectivity index (χ0) is 29.2. The number of fused-ring (bicyclic) bond motifs is 1. The molecular formula is C29H46N2O7Si2. The SMILES string of the molecule is CC(C)[Si]1(C(C)C)OC[C@H]2O[C@@H](n3cc(COCc4ccccc4)c(=O)[nH]c3=O)C[C@@H]2O[Si](C(C)C)(C(C)C)O1. The molecule has 2 aromatic rings. The van der Waals surface area contributed by atoms with Gasteiger partial charge in [-0.15, -0.1) is 0 Å². The molecular weight excluding hydrogens is 544 g/mol. The number of hydrogen-bond acceptors (Lipinski definition) is 7. The van der Waals surface area contributed by atoms with Gasteiger partial charge in [0.2, 0.25) is 0 Å². The van der Waals surface area contributed by atoms with E-state index in [4.69, 9.17) is 22.4 Å². The van der Waals surface area contributed by atoms with Gasteiger partial charge in [0.05, 0.1) is 31.5 Å². The summed E-state index contributed by atoms with van der Waals surface area (Å²) in [5, 5.41) is 0. The molecule has 0 radical (unpaired) electrons. The second-order valence-electron chi connectivity index (χ2n) is 12.3. The van der Waals surface area contributed by atoms with Crippen LogP contribution in [0.15, 0.2) is 46.1 Å². The second kappa shape index (κ2) is 12.6. The van der Waals surface area contributed by atoms with Crippen LogP contribution < -0.4 is 11.2 Å². The van der Waals surface area contributed by atoms with Gasteiger partial charge in [0, 0.05) is 12.6 Å². The fraction of sp³-hybridized carbons (Fsp3) is 0.655. The number of aromatic nitrogens is 2. The lowest BCUT2D eigenvalue weighted by Gasteiger charge is -2.51. The average molecular weight is 591 g/mol. The van der Waals surface area contributed by atoms with Crippen molar-refractivity contribution >= 4 is 17.1 Å². The van der Waals surface area contributed by atoms with E-state index in [0.717, 1.165) is 5.56 Å². The first-order valence-corrected chi connectivity index (χ1v) is 18.5. The molecule has 2 aliphatic rings. The van der Waals surface area contributed by atoms with Crippen molar-refractivity contribution in [3.8, 4) is 0 Å². The zero-order valence-electron chi connectivity index (χ0n) is 25.1. The maximum atomic E-state index is 12.9. The smallest absolute Gasteiger partial charge is 0.335 e. The lowest BCUT2D eigenvalue weighted by atomic mass is 10.2. The number of benzene rings is 1. The Kier molecular flexibility index (Phi) is 9.76. The van der Waals surface area contributed by atoms with E-state index in [1.165, 1.54) is 4.57 Å². The van der Waals surface area contributed by atoms with Crippen LogP contribution in [0.5, 0.6) is 0 Å². The molecule has 0 bridgehead atoms. The second-order valence-corrected chi connectivity index (χ2v) is 21.1. The highest BCUT2D eigenvalue weighted by Crippen LogP contribution is 2.48. The molecule has 40 heavy (non-hydrogen) atoms. The maximum absolute atomic E-state index is 12.9. The van der Waals surface area contributed by atoms with Crippen molar-refractivity contribution in [2.75, 3.05) is 6.61 Å². The number of ether oxygens (including phenoxy) is 2. The molecule has 0 spiro atoms. The van der Waals surface area contributed by atoms with Gasteiger partial charge in [-0.05, 0) is 27.7 Å². The summed E-state index contributed by atoms with van der Waals surface area (Å²) in [6.45, 7) is 18.3.